The quantitative estimate of drug-likeness (QED) is 0.774. The molecule has 0 amide bonds. The van der Waals surface area contributed by atoms with Crippen molar-refractivity contribution in [1.82, 2.24) is 0 Å². The maximum Gasteiger partial charge on any atom is 0.188 e. The SMILES string of the molecule is Cc1cc(C(=O)COCc2ccccc2)ccc1Br. The summed E-state index contributed by atoms with van der Waals surface area (Å²) in [5.41, 5.74) is 2.81. The molecule has 0 spiro atoms. The molecular formula is C16H15BrO2. The number of hydrogen-bond acceptors (Lipinski definition) is 2. The average Bonchev–Trinajstić information content (AvgIpc) is 2.43. The highest BCUT2D eigenvalue weighted by Gasteiger charge is 2.07. The molecule has 0 unspecified atom stereocenters. The Hall–Kier alpha value is -1.45. The predicted molar refractivity (Wildman–Crippen MR) is 79.3 cm³/mol. The van der Waals surface area contributed by atoms with Crippen molar-refractivity contribution < 1.29 is 9.53 Å². The first-order valence-electron chi connectivity index (χ1n) is 6.08. The number of benzene rings is 2. The lowest BCUT2D eigenvalue weighted by Gasteiger charge is -2.05. The van der Waals surface area contributed by atoms with E-state index in [2.05, 4.69) is 15.9 Å². The van der Waals surface area contributed by atoms with Crippen LogP contribution in [0.2, 0.25) is 0 Å². The van der Waals surface area contributed by atoms with Crippen LogP contribution >= 0.6 is 15.9 Å². The maximum absolute atomic E-state index is 12.0. The molecule has 2 aromatic carbocycles. The van der Waals surface area contributed by atoms with Crippen LogP contribution < -0.4 is 0 Å². The summed E-state index contributed by atoms with van der Waals surface area (Å²) in [6.07, 6.45) is 0. The molecule has 0 aliphatic carbocycles. The molecule has 0 aliphatic heterocycles. The van der Waals surface area contributed by atoms with Crippen molar-refractivity contribution in [2.45, 2.75) is 13.5 Å². The highest BCUT2D eigenvalue weighted by Crippen LogP contribution is 2.17. The minimum atomic E-state index is 0.00605. The van der Waals surface area contributed by atoms with Gasteiger partial charge in [-0.1, -0.05) is 52.3 Å². The molecular weight excluding hydrogens is 304 g/mol. The molecule has 0 aromatic heterocycles. The van der Waals surface area contributed by atoms with Crippen molar-refractivity contribution in [3.05, 3.63) is 69.7 Å². The van der Waals surface area contributed by atoms with E-state index in [1.165, 1.54) is 0 Å². The van der Waals surface area contributed by atoms with E-state index >= 15 is 0 Å². The van der Waals surface area contributed by atoms with Crippen molar-refractivity contribution in [2.24, 2.45) is 0 Å². The Morgan fingerprint density at radius 2 is 1.89 bits per heavy atom. The Kier molecular flexibility index (Phi) is 4.88. The van der Waals surface area contributed by atoms with Crippen LogP contribution in [0.15, 0.2) is 53.0 Å². The van der Waals surface area contributed by atoms with Gasteiger partial charge >= 0.3 is 0 Å². The van der Waals surface area contributed by atoms with Gasteiger partial charge in [0.1, 0.15) is 6.61 Å². The molecule has 2 nitrogen and oxygen atoms in total. The molecule has 0 atom stereocenters. The summed E-state index contributed by atoms with van der Waals surface area (Å²) in [5.74, 6) is 0.00605. The Labute approximate surface area is 121 Å². The van der Waals surface area contributed by atoms with Crippen molar-refractivity contribution in [3.63, 3.8) is 0 Å². The first-order chi connectivity index (χ1) is 9.16. The van der Waals surface area contributed by atoms with Crippen molar-refractivity contribution in [1.29, 1.82) is 0 Å². The predicted octanol–water partition coefficient (Wildman–Crippen LogP) is 4.16. The Balaban J connectivity index is 1.89. The number of Topliss-reactive ketones (excluding diaryl/α,β-unsaturated/α-hetero) is 1. The first-order valence-corrected chi connectivity index (χ1v) is 6.87. The second-order valence-corrected chi connectivity index (χ2v) is 5.22. The van der Waals surface area contributed by atoms with Crippen LogP contribution in [0.3, 0.4) is 0 Å². The molecule has 0 aliphatic rings. The summed E-state index contributed by atoms with van der Waals surface area (Å²) >= 11 is 3.42. The summed E-state index contributed by atoms with van der Waals surface area (Å²) in [6, 6.07) is 15.4. The van der Waals surface area contributed by atoms with Crippen LogP contribution in [0.4, 0.5) is 0 Å². The molecule has 0 N–H and O–H groups in total. The topological polar surface area (TPSA) is 26.3 Å². The zero-order chi connectivity index (χ0) is 13.7. The largest absolute Gasteiger partial charge is 0.369 e. The van der Waals surface area contributed by atoms with Gasteiger partial charge in [-0.25, -0.2) is 0 Å². The Bertz CT molecular complexity index is 564. The van der Waals surface area contributed by atoms with E-state index in [1.807, 2.05) is 55.5 Å². The third-order valence-corrected chi connectivity index (χ3v) is 3.71. The zero-order valence-corrected chi connectivity index (χ0v) is 12.3. The second-order valence-electron chi connectivity index (χ2n) is 4.37. The average molecular weight is 319 g/mol. The van der Waals surface area contributed by atoms with Crippen molar-refractivity contribution >= 4 is 21.7 Å². The molecule has 3 heteroatoms. The molecule has 2 aromatic rings. The van der Waals surface area contributed by atoms with E-state index < -0.39 is 0 Å². The lowest BCUT2D eigenvalue weighted by atomic mass is 10.1. The van der Waals surface area contributed by atoms with Crippen LogP contribution in [0, 0.1) is 6.92 Å². The number of ketones is 1. The lowest BCUT2D eigenvalue weighted by Crippen LogP contribution is -2.09. The van der Waals surface area contributed by atoms with Gasteiger partial charge in [-0.3, -0.25) is 4.79 Å². The minimum Gasteiger partial charge on any atom is -0.369 e. The van der Waals surface area contributed by atoms with E-state index in [0.717, 1.165) is 15.6 Å². The minimum absolute atomic E-state index is 0.00605. The highest BCUT2D eigenvalue weighted by atomic mass is 79.9. The molecule has 0 radical (unpaired) electrons. The number of carbonyl (C=O) groups is 1. The molecule has 0 fully saturated rings. The lowest BCUT2D eigenvalue weighted by molar-refractivity contribution is 0.0726. The molecule has 0 bridgehead atoms. The standard InChI is InChI=1S/C16H15BrO2/c1-12-9-14(7-8-15(12)17)16(18)11-19-10-13-5-3-2-4-6-13/h2-9H,10-11H2,1H3. The van der Waals surface area contributed by atoms with Gasteiger partial charge in [-0.05, 0) is 30.2 Å². The highest BCUT2D eigenvalue weighted by molar-refractivity contribution is 9.10. The van der Waals surface area contributed by atoms with Gasteiger partial charge in [0.05, 0.1) is 6.61 Å². The Morgan fingerprint density at radius 3 is 2.58 bits per heavy atom. The molecule has 0 heterocycles. The molecule has 98 valence electrons. The summed E-state index contributed by atoms with van der Waals surface area (Å²) in [4.78, 5) is 12.0. The fourth-order valence-corrected chi connectivity index (χ4v) is 1.98. The van der Waals surface area contributed by atoms with Crippen molar-refractivity contribution in [3.8, 4) is 0 Å². The van der Waals surface area contributed by atoms with Gasteiger partial charge in [0.2, 0.25) is 0 Å². The van der Waals surface area contributed by atoms with Crippen LogP contribution in [0.1, 0.15) is 21.5 Å². The molecule has 19 heavy (non-hydrogen) atoms. The number of hydrogen-bond donors (Lipinski definition) is 0. The van der Waals surface area contributed by atoms with Gasteiger partial charge in [0.15, 0.2) is 5.78 Å². The summed E-state index contributed by atoms with van der Waals surface area (Å²) in [7, 11) is 0. The Morgan fingerprint density at radius 1 is 1.16 bits per heavy atom. The second kappa shape index (κ2) is 6.64. The normalized spacial score (nSPS) is 10.4. The number of carbonyl (C=O) groups excluding carboxylic acids is 1. The molecule has 0 saturated carbocycles. The van der Waals surface area contributed by atoms with E-state index in [0.29, 0.717) is 12.2 Å². The van der Waals surface area contributed by atoms with Gasteiger partial charge in [-0.15, -0.1) is 0 Å². The van der Waals surface area contributed by atoms with E-state index in [1.54, 1.807) is 0 Å². The van der Waals surface area contributed by atoms with Crippen molar-refractivity contribution in [2.75, 3.05) is 6.61 Å². The van der Waals surface area contributed by atoms with Crippen LogP contribution in [-0.2, 0) is 11.3 Å². The number of rotatable bonds is 5. The summed E-state index contributed by atoms with van der Waals surface area (Å²) in [6.45, 7) is 2.53. The summed E-state index contributed by atoms with van der Waals surface area (Å²) < 4.78 is 6.45. The first kappa shape index (κ1) is 14.0. The fraction of sp³-hybridized carbons (Fsp3) is 0.188. The number of halogens is 1. The maximum atomic E-state index is 12.0. The smallest absolute Gasteiger partial charge is 0.188 e. The summed E-state index contributed by atoms with van der Waals surface area (Å²) in [5, 5.41) is 0. The van der Waals surface area contributed by atoms with Gasteiger partial charge < -0.3 is 4.74 Å². The molecule has 2 rings (SSSR count). The van der Waals surface area contributed by atoms with Gasteiger partial charge in [0, 0.05) is 10.0 Å². The number of aryl methyl sites for hydroxylation is 1. The van der Waals surface area contributed by atoms with Gasteiger partial charge in [-0.2, -0.15) is 0 Å². The van der Waals surface area contributed by atoms with Gasteiger partial charge in [0.25, 0.3) is 0 Å². The van der Waals surface area contributed by atoms with Crippen LogP contribution in [-0.4, -0.2) is 12.4 Å². The number of ether oxygens (including phenoxy) is 1. The van der Waals surface area contributed by atoms with E-state index in [-0.39, 0.29) is 12.4 Å². The van der Waals surface area contributed by atoms with Crippen LogP contribution in [0.5, 0.6) is 0 Å². The zero-order valence-electron chi connectivity index (χ0n) is 10.7. The van der Waals surface area contributed by atoms with E-state index in [4.69, 9.17) is 4.74 Å². The third-order valence-electron chi connectivity index (χ3n) is 2.82. The third kappa shape index (κ3) is 4.01. The van der Waals surface area contributed by atoms with E-state index in [9.17, 15) is 4.79 Å². The van der Waals surface area contributed by atoms with Crippen LogP contribution in [0.25, 0.3) is 0 Å². The fourth-order valence-electron chi connectivity index (χ4n) is 1.74. The molecule has 0 saturated heterocycles. The monoisotopic (exact) mass is 318 g/mol.